The number of hydrogen-bond acceptors (Lipinski definition) is 4. The average molecular weight is 369 g/mol. The predicted octanol–water partition coefficient (Wildman–Crippen LogP) is 3.19. The van der Waals surface area contributed by atoms with Gasteiger partial charge in [0, 0.05) is 27.5 Å². The summed E-state index contributed by atoms with van der Waals surface area (Å²) in [5.74, 6) is -0.0448. The van der Waals surface area contributed by atoms with E-state index in [0.717, 1.165) is 35.1 Å². The van der Waals surface area contributed by atoms with E-state index in [9.17, 15) is 9.59 Å². The first-order valence-corrected chi connectivity index (χ1v) is 8.81. The molecular formula is C15H17BrN2O2S. The molecular weight excluding hydrogens is 352 g/mol. The van der Waals surface area contributed by atoms with Crippen LogP contribution in [-0.2, 0) is 9.59 Å². The van der Waals surface area contributed by atoms with Gasteiger partial charge < -0.3 is 5.73 Å². The van der Waals surface area contributed by atoms with Crippen LogP contribution < -0.4 is 5.73 Å². The smallest absolute Gasteiger partial charge is 0.243 e. The molecule has 1 unspecified atom stereocenters. The first-order valence-electron chi connectivity index (χ1n) is 7.14. The molecule has 2 fully saturated rings. The Balaban J connectivity index is 1.75. The van der Waals surface area contributed by atoms with Crippen LogP contribution in [0.4, 0.5) is 5.69 Å². The summed E-state index contributed by atoms with van der Waals surface area (Å²) >= 11 is 4.91. The van der Waals surface area contributed by atoms with Gasteiger partial charge in [-0.05, 0) is 47.0 Å². The van der Waals surface area contributed by atoms with Crippen molar-refractivity contribution in [1.82, 2.24) is 4.90 Å². The number of carbonyl (C=O) groups excluding carboxylic acids is 2. The van der Waals surface area contributed by atoms with Gasteiger partial charge in [0.1, 0.15) is 0 Å². The summed E-state index contributed by atoms with van der Waals surface area (Å²) in [6.45, 7) is 0. The number of benzene rings is 1. The zero-order valence-electron chi connectivity index (χ0n) is 11.5. The standard InChI is InChI=1S/C15H17BrN2O2S/c16-11-7-9(17)5-6-12(11)21-13-8-14(19)18(15(13)20)10-3-1-2-4-10/h5-7,10,13H,1-4,8,17H2. The lowest BCUT2D eigenvalue weighted by atomic mass is 10.2. The van der Waals surface area contributed by atoms with Gasteiger partial charge in [0.05, 0.1) is 5.25 Å². The first-order chi connectivity index (χ1) is 10.1. The van der Waals surface area contributed by atoms with Crippen LogP contribution in [0.5, 0.6) is 0 Å². The van der Waals surface area contributed by atoms with Gasteiger partial charge >= 0.3 is 0 Å². The van der Waals surface area contributed by atoms with E-state index in [4.69, 9.17) is 5.73 Å². The van der Waals surface area contributed by atoms with E-state index < -0.39 is 0 Å². The minimum Gasteiger partial charge on any atom is -0.399 e. The third-order valence-corrected chi connectivity index (χ3v) is 6.24. The molecule has 3 rings (SSSR count). The maximum atomic E-state index is 12.5. The third-order valence-electron chi connectivity index (χ3n) is 4.06. The van der Waals surface area contributed by atoms with Crippen LogP contribution in [0, 0.1) is 0 Å². The van der Waals surface area contributed by atoms with Crippen LogP contribution in [0.3, 0.4) is 0 Å². The number of carbonyl (C=O) groups is 2. The highest BCUT2D eigenvalue weighted by Gasteiger charge is 2.43. The fraction of sp³-hybridized carbons (Fsp3) is 0.467. The monoisotopic (exact) mass is 368 g/mol. The molecule has 1 heterocycles. The third kappa shape index (κ3) is 2.97. The summed E-state index contributed by atoms with van der Waals surface area (Å²) in [6.07, 6.45) is 4.45. The van der Waals surface area contributed by atoms with Gasteiger partial charge in [-0.25, -0.2) is 0 Å². The number of rotatable bonds is 3. The molecule has 1 atom stereocenters. The minimum absolute atomic E-state index is 0.0176. The number of thioether (sulfide) groups is 1. The maximum Gasteiger partial charge on any atom is 0.243 e. The zero-order valence-corrected chi connectivity index (χ0v) is 14.0. The van der Waals surface area contributed by atoms with E-state index in [0.29, 0.717) is 12.1 Å². The molecule has 1 aliphatic heterocycles. The van der Waals surface area contributed by atoms with Crippen LogP contribution in [0.15, 0.2) is 27.6 Å². The Morgan fingerprint density at radius 2 is 1.95 bits per heavy atom. The van der Waals surface area contributed by atoms with Gasteiger partial charge in [0.2, 0.25) is 11.8 Å². The van der Waals surface area contributed by atoms with Crippen LogP contribution in [0.25, 0.3) is 0 Å². The number of nitrogens with two attached hydrogens (primary N) is 1. The quantitative estimate of drug-likeness (QED) is 0.657. The van der Waals surface area contributed by atoms with Crippen molar-refractivity contribution in [3.8, 4) is 0 Å². The number of hydrogen-bond donors (Lipinski definition) is 1. The molecule has 1 aromatic rings. The molecule has 4 nitrogen and oxygen atoms in total. The van der Waals surface area contributed by atoms with Crippen LogP contribution in [-0.4, -0.2) is 28.0 Å². The Hall–Kier alpha value is -1.01. The Morgan fingerprint density at radius 1 is 1.24 bits per heavy atom. The lowest BCUT2D eigenvalue weighted by molar-refractivity contribution is -0.140. The number of halogens is 1. The molecule has 0 radical (unpaired) electrons. The van der Waals surface area contributed by atoms with Gasteiger partial charge in [-0.1, -0.05) is 12.8 Å². The van der Waals surface area contributed by atoms with E-state index in [1.165, 1.54) is 16.7 Å². The maximum absolute atomic E-state index is 12.5. The highest BCUT2D eigenvalue weighted by Crippen LogP contribution is 2.38. The first kappa shape index (κ1) is 14.9. The molecule has 0 bridgehead atoms. The number of amides is 2. The van der Waals surface area contributed by atoms with Crippen molar-refractivity contribution in [2.45, 2.75) is 48.3 Å². The molecule has 112 valence electrons. The number of imide groups is 1. The number of likely N-dealkylation sites (tertiary alicyclic amines) is 1. The van der Waals surface area contributed by atoms with Crippen LogP contribution >= 0.6 is 27.7 Å². The van der Waals surface area contributed by atoms with Crippen LogP contribution in [0.1, 0.15) is 32.1 Å². The molecule has 1 aromatic carbocycles. The Morgan fingerprint density at radius 3 is 2.62 bits per heavy atom. The Labute approximate surface area is 136 Å². The lowest BCUT2D eigenvalue weighted by Crippen LogP contribution is -2.39. The van der Waals surface area contributed by atoms with Crippen molar-refractivity contribution in [3.63, 3.8) is 0 Å². The van der Waals surface area contributed by atoms with E-state index in [1.807, 2.05) is 18.2 Å². The number of nitrogens with zero attached hydrogens (tertiary/aromatic N) is 1. The van der Waals surface area contributed by atoms with E-state index >= 15 is 0 Å². The van der Waals surface area contributed by atoms with Crippen molar-refractivity contribution in [3.05, 3.63) is 22.7 Å². The zero-order chi connectivity index (χ0) is 15.0. The van der Waals surface area contributed by atoms with E-state index in [1.54, 1.807) is 0 Å². The van der Waals surface area contributed by atoms with Gasteiger partial charge in [-0.2, -0.15) is 0 Å². The van der Waals surface area contributed by atoms with Crippen molar-refractivity contribution < 1.29 is 9.59 Å². The second kappa shape index (κ2) is 6.01. The summed E-state index contributed by atoms with van der Waals surface area (Å²) in [6, 6.07) is 5.65. The molecule has 2 N–H and O–H groups in total. The summed E-state index contributed by atoms with van der Waals surface area (Å²) in [5.41, 5.74) is 6.39. The molecule has 1 aliphatic carbocycles. The second-order valence-electron chi connectivity index (χ2n) is 5.54. The predicted molar refractivity (Wildman–Crippen MR) is 86.9 cm³/mol. The van der Waals surface area contributed by atoms with Crippen molar-refractivity contribution in [1.29, 1.82) is 0 Å². The summed E-state index contributed by atoms with van der Waals surface area (Å²) < 4.78 is 0.868. The Kier molecular flexibility index (Phi) is 4.26. The summed E-state index contributed by atoms with van der Waals surface area (Å²) in [4.78, 5) is 27.2. The molecule has 0 aromatic heterocycles. The molecule has 1 saturated heterocycles. The molecule has 1 saturated carbocycles. The van der Waals surface area contributed by atoms with Crippen molar-refractivity contribution >= 4 is 45.2 Å². The van der Waals surface area contributed by atoms with Crippen LogP contribution in [0.2, 0.25) is 0 Å². The van der Waals surface area contributed by atoms with Crippen molar-refractivity contribution in [2.24, 2.45) is 0 Å². The molecule has 6 heteroatoms. The van der Waals surface area contributed by atoms with Crippen molar-refractivity contribution in [2.75, 3.05) is 5.73 Å². The molecule has 2 aliphatic rings. The topological polar surface area (TPSA) is 63.4 Å². The molecule has 0 spiro atoms. The Bertz CT molecular complexity index is 587. The largest absolute Gasteiger partial charge is 0.399 e. The molecule has 2 amide bonds. The highest BCUT2D eigenvalue weighted by atomic mass is 79.9. The SMILES string of the molecule is Nc1ccc(SC2CC(=O)N(C3CCCC3)C2=O)c(Br)c1. The number of anilines is 1. The average Bonchev–Trinajstić information content (AvgIpc) is 3.02. The van der Waals surface area contributed by atoms with Gasteiger partial charge in [0.15, 0.2) is 0 Å². The second-order valence-corrected chi connectivity index (χ2v) is 7.64. The highest BCUT2D eigenvalue weighted by molar-refractivity contribution is 9.10. The fourth-order valence-corrected chi connectivity index (χ4v) is 4.77. The summed E-state index contributed by atoms with van der Waals surface area (Å²) in [7, 11) is 0. The summed E-state index contributed by atoms with van der Waals surface area (Å²) in [5, 5.41) is -0.307. The molecule has 21 heavy (non-hydrogen) atoms. The normalized spacial score (nSPS) is 23.3. The number of nitrogen functional groups attached to an aromatic ring is 1. The fourth-order valence-electron chi connectivity index (χ4n) is 3.03. The van der Waals surface area contributed by atoms with Gasteiger partial charge in [-0.3, -0.25) is 14.5 Å². The van der Waals surface area contributed by atoms with Gasteiger partial charge in [0.25, 0.3) is 0 Å². The van der Waals surface area contributed by atoms with E-state index in [2.05, 4.69) is 15.9 Å². The van der Waals surface area contributed by atoms with E-state index in [-0.39, 0.29) is 23.1 Å². The minimum atomic E-state index is -0.307. The van der Waals surface area contributed by atoms with Gasteiger partial charge in [-0.15, -0.1) is 11.8 Å². The lowest BCUT2D eigenvalue weighted by Gasteiger charge is -2.22.